The number of rotatable bonds is 4. The number of nitrogens with zero attached hydrogens (tertiary/aromatic N) is 1. The number of amides is 1. The molecule has 0 spiro atoms. The van der Waals surface area contributed by atoms with Crippen molar-refractivity contribution in [1.29, 1.82) is 0 Å². The van der Waals surface area contributed by atoms with Gasteiger partial charge in [-0.05, 0) is 42.4 Å². The predicted molar refractivity (Wildman–Crippen MR) is 89.7 cm³/mol. The second kappa shape index (κ2) is 5.60. The minimum absolute atomic E-state index is 0.0400. The zero-order valence-corrected chi connectivity index (χ0v) is 14.7. The van der Waals surface area contributed by atoms with Crippen LogP contribution in [-0.4, -0.2) is 16.9 Å². The average Bonchev–Trinajstić information content (AvgIpc) is 2.97. The maximum atomic E-state index is 12.5. The SMILES string of the molecule is CCC(N)c1nc(C(=O)NC2CC3CC(C2C)C3(C)C)cs1. The molecule has 2 bridgehead atoms. The molecule has 1 aromatic rings. The van der Waals surface area contributed by atoms with E-state index in [9.17, 15) is 4.79 Å². The van der Waals surface area contributed by atoms with Gasteiger partial charge < -0.3 is 11.1 Å². The third-order valence-electron chi connectivity index (χ3n) is 6.18. The lowest BCUT2D eigenvalue weighted by atomic mass is 9.45. The van der Waals surface area contributed by atoms with Crippen LogP contribution in [0.15, 0.2) is 5.38 Å². The van der Waals surface area contributed by atoms with Crippen LogP contribution in [0, 0.1) is 23.2 Å². The molecular formula is C17H27N3OS. The van der Waals surface area contributed by atoms with Crippen LogP contribution in [0.4, 0.5) is 0 Å². The highest BCUT2D eigenvalue weighted by Crippen LogP contribution is 2.61. The van der Waals surface area contributed by atoms with Crippen molar-refractivity contribution in [1.82, 2.24) is 10.3 Å². The van der Waals surface area contributed by atoms with Crippen molar-refractivity contribution in [3.05, 3.63) is 16.1 Å². The van der Waals surface area contributed by atoms with Gasteiger partial charge in [-0.2, -0.15) is 0 Å². The zero-order chi connectivity index (χ0) is 16.1. The second-order valence-electron chi connectivity index (χ2n) is 7.62. The van der Waals surface area contributed by atoms with Crippen LogP contribution in [-0.2, 0) is 0 Å². The van der Waals surface area contributed by atoms with Gasteiger partial charge in [0.1, 0.15) is 10.7 Å². The van der Waals surface area contributed by atoms with Crippen molar-refractivity contribution >= 4 is 17.2 Å². The molecule has 3 fully saturated rings. The van der Waals surface area contributed by atoms with E-state index in [4.69, 9.17) is 5.73 Å². The van der Waals surface area contributed by atoms with Crippen LogP contribution >= 0.6 is 11.3 Å². The number of thiazole rings is 1. The van der Waals surface area contributed by atoms with E-state index in [0.29, 0.717) is 17.0 Å². The van der Waals surface area contributed by atoms with E-state index >= 15 is 0 Å². The van der Waals surface area contributed by atoms with Crippen LogP contribution in [0.3, 0.4) is 0 Å². The molecule has 5 atom stereocenters. The molecule has 5 unspecified atom stereocenters. The fourth-order valence-corrected chi connectivity index (χ4v) is 5.20. The minimum atomic E-state index is -0.0615. The smallest absolute Gasteiger partial charge is 0.270 e. The molecule has 122 valence electrons. The Morgan fingerprint density at radius 2 is 2.27 bits per heavy atom. The molecule has 5 heteroatoms. The van der Waals surface area contributed by atoms with Gasteiger partial charge in [-0.25, -0.2) is 4.98 Å². The summed E-state index contributed by atoms with van der Waals surface area (Å²) >= 11 is 1.49. The fraction of sp³-hybridized carbons (Fsp3) is 0.765. The molecule has 3 N–H and O–H groups in total. The first-order valence-corrected chi connectivity index (χ1v) is 9.24. The molecule has 1 heterocycles. The van der Waals surface area contributed by atoms with Gasteiger partial charge in [0.25, 0.3) is 5.91 Å². The highest BCUT2D eigenvalue weighted by molar-refractivity contribution is 7.09. The Morgan fingerprint density at radius 3 is 2.86 bits per heavy atom. The van der Waals surface area contributed by atoms with Crippen LogP contribution in [0.2, 0.25) is 0 Å². The molecule has 4 nitrogen and oxygen atoms in total. The van der Waals surface area contributed by atoms with Crippen LogP contribution < -0.4 is 11.1 Å². The Balaban J connectivity index is 1.64. The van der Waals surface area contributed by atoms with Crippen molar-refractivity contribution < 1.29 is 4.79 Å². The first-order valence-electron chi connectivity index (χ1n) is 8.36. The summed E-state index contributed by atoms with van der Waals surface area (Å²) < 4.78 is 0. The van der Waals surface area contributed by atoms with Crippen molar-refractivity contribution in [2.45, 2.75) is 59.0 Å². The van der Waals surface area contributed by atoms with E-state index in [0.717, 1.165) is 29.7 Å². The van der Waals surface area contributed by atoms with Gasteiger partial charge in [0, 0.05) is 11.4 Å². The van der Waals surface area contributed by atoms with Crippen molar-refractivity contribution in [2.24, 2.45) is 28.9 Å². The number of hydrogen-bond acceptors (Lipinski definition) is 4. The maximum Gasteiger partial charge on any atom is 0.270 e. The summed E-state index contributed by atoms with van der Waals surface area (Å²) in [5.41, 5.74) is 6.95. The molecule has 0 saturated heterocycles. The van der Waals surface area contributed by atoms with E-state index in [1.165, 1.54) is 17.8 Å². The van der Waals surface area contributed by atoms with E-state index in [1.807, 2.05) is 12.3 Å². The summed E-state index contributed by atoms with van der Waals surface area (Å²) in [6.07, 6.45) is 3.27. The number of fused-ring (bicyclic) bond motifs is 2. The number of nitrogens with two attached hydrogens (primary N) is 1. The number of aromatic nitrogens is 1. The molecule has 3 saturated carbocycles. The standard InChI is InChI=1S/C17H27N3OS/c1-5-12(18)16-20-14(8-22-16)15(21)19-13-7-10-6-11(9(13)2)17(10,3)4/h8-13H,5-7,18H2,1-4H3,(H,19,21). The molecule has 4 rings (SSSR count). The second-order valence-corrected chi connectivity index (χ2v) is 8.51. The fourth-order valence-electron chi connectivity index (χ4n) is 4.32. The van der Waals surface area contributed by atoms with Gasteiger partial charge in [-0.1, -0.05) is 27.7 Å². The van der Waals surface area contributed by atoms with Crippen molar-refractivity contribution in [2.75, 3.05) is 0 Å². The minimum Gasteiger partial charge on any atom is -0.348 e. The Bertz CT molecular complexity index is 568. The van der Waals surface area contributed by atoms with E-state index < -0.39 is 0 Å². The monoisotopic (exact) mass is 321 g/mol. The summed E-state index contributed by atoms with van der Waals surface area (Å²) in [5, 5.41) is 5.90. The Labute approximate surface area is 136 Å². The van der Waals surface area contributed by atoms with Gasteiger partial charge >= 0.3 is 0 Å². The number of nitrogens with one attached hydrogen (secondary N) is 1. The molecule has 0 aliphatic heterocycles. The van der Waals surface area contributed by atoms with Crippen molar-refractivity contribution in [3.8, 4) is 0 Å². The molecule has 3 aliphatic carbocycles. The predicted octanol–water partition coefficient (Wildman–Crippen LogP) is 3.35. The Hall–Kier alpha value is -0.940. The van der Waals surface area contributed by atoms with Crippen LogP contribution in [0.25, 0.3) is 0 Å². The first kappa shape index (κ1) is 15.9. The maximum absolute atomic E-state index is 12.5. The third-order valence-corrected chi connectivity index (χ3v) is 7.16. The summed E-state index contributed by atoms with van der Waals surface area (Å²) in [6.45, 7) is 9.06. The lowest BCUT2D eigenvalue weighted by Crippen LogP contribution is -2.60. The third kappa shape index (κ3) is 2.48. The lowest BCUT2D eigenvalue weighted by Gasteiger charge is -2.62. The van der Waals surface area contributed by atoms with Crippen molar-refractivity contribution in [3.63, 3.8) is 0 Å². The number of hydrogen-bond donors (Lipinski definition) is 2. The number of carbonyl (C=O) groups is 1. The van der Waals surface area contributed by atoms with E-state index in [-0.39, 0.29) is 18.0 Å². The quantitative estimate of drug-likeness (QED) is 0.893. The van der Waals surface area contributed by atoms with Crippen LogP contribution in [0.1, 0.15) is 68.5 Å². The molecule has 1 aromatic heterocycles. The Morgan fingerprint density at radius 1 is 1.55 bits per heavy atom. The van der Waals surface area contributed by atoms with Gasteiger partial charge in [0.05, 0.1) is 6.04 Å². The van der Waals surface area contributed by atoms with Gasteiger partial charge in [0.2, 0.25) is 0 Å². The Kier molecular flexibility index (Phi) is 4.06. The summed E-state index contributed by atoms with van der Waals surface area (Å²) in [7, 11) is 0. The molecule has 22 heavy (non-hydrogen) atoms. The topological polar surface area (TPSA) is 68.0 Å². The molecule has 3 aliphatic rings. The molecular weight excluding hydrogens is 294 g/mol. The van der Waals surface area contributed by atoms with Crippen LogP contribution in [0.5, 0.6) is 0 Å². The summed E-state index contributed by atoms with van der Waals surface area (Å²) in [4.78, 5) is 16.9. The normalized spacial score (nSPS) is 33.9. The largest absolute Gasteiger partial charge is 0.348 e. The lowest BCUT2D eigenvalue weighted by molar-refractivity contribution is -0.113. The van der Waals surface area contributed by atoms with E-state index in [2.05, 4.69) is 31.1 Å². The van der Waals surface area contributed by atoms with E-state index in [1.54, 1.807) is 0 Å². The van der Waals surface area contributed by atoms with Gasteiger partial charge in [-0.3, -0.25) is 4.79 Å². The summed E-state index contributed by atoms with van der Waals surface area (Å²) in [5.74, 6) is 1.98. The molecule has 0 radical (unpaired) electrons. The average molecular weight is 321 g/mol. The van der Waals surface area contributed by atoms with Gasteiger partial charge in [0.15, 0.2) is 0 Å². The molecule has 0 aromatic carbocycles. The first-order chi connectivity index (χ1) is 10.3. The van der Waals surface area contributed by atoms with Gasteiger partial charge in [-0.15, -0.1) is 11.3 Å². The zero-order valence-electron chi connectivity index (χ0n) is 13.9. The summed E-state index contributed by atoms with van der Waals surface area (Å²) in [6, 6.07) is 0.225. The number of carbonyl (C=O) groups excluding carboxylic acids is 1. The molecule has 1 amide bonds. The highest BCUT2D eigenvalue weighted by atomic mass is 32.1. The highest BCUT2D eigenvalue weighted by Gasteiger charge is 2.56.